The molecule has 1 saturated heterocycles. The minimum absolute atomic E-state index is 0.0182. The minimum atomic E-state index is -0.766. The maximum absolute atomic E-state index is 10.6. The van der Waals surface area contributed by atoms with Crippen molar-refractivity contribution in [2.75, 3.05) is 0 Å². The molecule has 0 aromatic heterocycles. The number of rotatable bonds is 9. The van der Waals surface area contributed by atoms with Gasteiger partial charge in [-0.3, -0.25) is 4.79 Å². The third kappa shape index (κ3) is 6.77. The number of hydrogen-bond acceptors (Lipinski definition) is 4. The Morgan fingerprint density at radius 1 is 1.22 bits per heavy atom. The molecule has 3 N–H and O–H groups in total. The molecule has 136 valence electrons. The van der Waals surface area contributed by atoms with E-state index in [2.05, 4.69) is 6.92 Å². The van der Waals surface area contributed by atoms with Gasteiger partial charge in [-0.2, -0.15) is 0 Å². The van der Waals surface area contributed by atoms with Gasteiger partial charge in [-0.25, -0.2) is 0 Å². The number of aliphatic hydroxyl groups is 2. The minimum Gasteiger partial charge on any atom is -0.481 e. The smallest absolute Gasteiger partial charge is 0.303 e. The molecule has 0 bridgehead atoms. The third-order valence-electron chi connectivity index (χ3n) is 5.17. The fourth-order valence-corrected chi connectivity index (χ4v) is 3.35. The first-order valence-electron chi connectivity index (χ1n) is 8.95. The Morgan fingerprint density at radius 3 is 2.43 bits per heavy atom. The molecular formula is C18H34O5. The Morgan fingerprint density at radius 2 is 1.87 bits per heavy atom. The van der Waals surface area contributed by atoms with Crippen LogP contribution in [-0.2, 0) is 9.53 Å². The summed E-state index contributed by atoms with van der Waals surface area (Å²) in [7, 11) is 0. The molecule has 0 radical (unpaired) electrons. The van der Waals surface area contributed by atoms with Crippen LogP contribution in [0.2, 0.25) is 0 Å². The summed E-state index contributed by atoms with van der Waals surface area (Å²) < 4.78 is 6.11. The van der Waals surface area contributed by atoms with E-state index < -0.39 is 18.2 Å². The molecule has 5 heteroatoms. The van der Waals surface area contributed by atoms with Crippen molar-refractivity contribution in [1.29, 1.82) is 0 Å². The highest BCUT2D eigenvalue weighted by molar-refractivity contribution is 5.66. The van der Waals surface area contributed by atoms with E-state index in [4.69, 9.17) is 9.84 Å². The van der Waals surface area contributed by atoms with Crippen molar-refractivity contribution >= 4 is 5.97 Å². The Labute approximate surface area is 140 Å². The van der Waals surface area contributed by atoms with Crippen LogP contribution in [0, 0.1) is 17.8 Å². The maximum atomic E-state index is 10.6. The lowest BCUT2D eigenvalue weighted by molar-refractivity contribution is -0.137. The van der Waals surface area contributed by atoms with E-state index in [1.165, 1.54) is 0 Å². The van der Waals surface area contributed by atoms with Gasteiger partial charge in [-0.05, 0) is 37.5 Å². The highest BCUT2D eigenvalue weighted by Crippen LogP contribution is 2.31. The van der Waals surface area contributed by atoms with Crippen molar-refractivity contribution in [2.45, 2.75) is 90.6 Å². The Balaban J connectivity index is 2.48. The summed E-state index contributed by atoms with van der Waals surface area (Å²) in [6.45, 7) is 7.92. The van der Waals surface area contributed by atoms with E-state index in [1.807, 2.05) is 20.8 Å². The number of ether oxygens (including phenoxy) is 1. The molecule has 1 rings (SSSR count). The van der Waals surface area contributed by atoms with Crippen molar-refractivity contribution in [3.8, 4) is 0 Å². The highest BCUT2D eigenvalue weighted by atomic mass is 16.5. The molecule has 1 aliphatic heterocycles. The molecule has 1 aliphatic rings. The predicted molar refractivity (Wildman–Crippen MR) is 89.2 cm³/mol. The molecule has 0 aromatic rings. The molecule has 6 atom stereocenters. The van der Waals surface area contributed by atoms with E-state index in [9.17, 15) is 15.0 Å². The molecule has 0 aromatic carbocycles. The molecule has 1 heterocycles. The molecule has 0 unspecified atom stereocenters. The van der Waals surface area contributed by atoms with Gasteiger partial charge < -0.3 is 20.1 Å². The third-order valence-corrected chi connectivity index (χ3v) is 5.17. The molecule has 0 aliphatic carbocycles. The summed E-state index contributed by atoms with van der Waals surface area (Å²) in [6, 6.07) is 0. The zero-order valence-electron chi connectivity index (χ0n) is 14.9. The topological polar surface area (TPSA) is 87.0 Å². The van der Waals surface area contributed by atoms with Crippen LogP contribution >= 0.6 is 0 Å². The van der Waals surface area contributed by atoms with Gasteiger partial charge in [-0.1, -0.05) is 27.7 Å². The standard InChI is InChI=1S/C18H34O5/c1-11(2)18(22)13(4)15(19)10-16-12(3)8-9-14(23-16)6-5-7-17(20)21/h11-16,18-19,22H,5-10H2,1-4H3,(H,20,21)/t12-,13-,14+,15-,16+,18+/m0/s1. The molecule has 1 fully saturated rings. The number of carbonyl (C=O) groups is 1. The van der Waals surface area contributed by atoms with Crippen LogP contribution in [0.3, 0.4) is 0 Å². The summed E-state index contributed by atoms with van der Waals surface area (Å²) >= 11 is 0. The van der Waals surface area contributed by atoms with Gasteiger partial charge >= 0.3 is 5.97 Å². The molecule has 0 amide bonds. The molecule has 0 spiro atoms. The monoisotopic (exact) mass is 330 g/mol. The lowest BCUT2D eigenvalue weighted by atomic mass is 9.83. The van der Waals surface area contributed by atoms with Crippen molar-refractivity contribution in [3.63, 3.8) is 0 Å². The highest BCUT2D eigenvalue weighted by Gasteiger charge is 2.33. The summed E-state index contributed by atoms with van der Waals surface area (Å²) in [5.41, 5.74) is 0. The lowest BCUT2D eigenvalue weighted by Crippen LogP contribution is -2.40. The van der Waals surface area contributed by atoms with E-state index in [0.717, 1.165) is 19.3 Å². The fraction of sp³-hybridized carbons (Fsp3) is 0.944. The normalized spacial score (nSPS) is 29.3. The summed E-state index contributed by atoms with van der Waals surface area (Å²) in [6.07, 6.45) is 3.06. The van der Waals surface area contributed by atoms with Gasteiger partial charge in [0.15, 0.2) is 0 Å². The zero-order valence-corrected chi connectivity index (χ0v) is 14.9. The van der Waals surface area contributed by atoms with Gasteiger partial charge in [0.2, 0.25) is 0 Å². The van der Waals surface area contributed by atoms with Gasteiger partial charge in [0.05, 0.1) is 24.4 Å². The van der Waals surface area contributed by atoms with Crippen LogP contribution in [0.25, 0.3) is 0 Å². The van der Waals surface area contributed by atoms with Crippen molar-refractivity contribution in [1.82, 2.24) is 0 Å². The van der Waals surface area contributed by atoms with Gasteiger partial charge in [0, 0.05) is 18.8 Å². The fourth-order valence-electron chi connectivity index (χ4n) is 3.35. The maximum Gasteiger partial charge on any atom is 0.303 e. The van der Waals surface area contributed by atoms with E-state index in [0.29, 0.717) is 18.8 Å². The molecular weight excluding hydrogens is 296 g/mol. The van der Waals surface area contributed by atoms with E-state index in [1.54, 1.807) is 0 Å². The number of aliphatic hydroxyl groups excluding tert-OH is 2. The largest absolute Gasteiger partial charge is 0.481 e. The van der Waals surface area contributed by atoms with Gasteiger partial charge in [0.1, 0.15) is 0 Å². The van der Waals surface area contributed by atoms with Crippen LogP contribution in [-0.4, -0.2) is 45.7 Å². The van der Waals surface area contributed by atoms with Crippen LogP contribution in [0.4, 0.5) is 0 Å². The average Bonchev–Trinajstić information content (AvgIpc) is 2.48. The number of aliphatic carboxylic acids is 1. The van der Waals surface area contributed by atoms with Crippen LogP contribution < -0.4 is 0 Å². The van der Waals surface area contributed by atoms with Gasteiger partial charge in [0.25, 0.3) is 0 Å². The lowest BCUT2D eigenvalue weighted by Gasteiger charge is -2.37. The second kappa shape index (κ2) is 9.60. The van der Waals surface area contributed by atoms with Crippen LogP contribution in [0.15, 0.2) is 0 Å². The quantitative estimate of drug-likeness (QED) is 0.605. The second-order valence-corrected chi connectivity index (χ2v) is 7.53. The number of carboxylic acids is 1. The number of carboxylic acid groups (broad SMARTS) is 1. The van der Waals surface area contributed by atoms with E-state index >= 15 is 0 Å². The van der Waals surface area contributed by atoms with Gasteiger partial charge in [-0.15, -0.1) is 0 Å². The van der Waals surface area contributed by atoms with E-state index in [-0.39, 0.29) is 30.5 Å². The SMILES string of the molecule is CC(C)[C@@H](O)[C@@H](C)[C@@H](O)C[C@H]1O[C@H](CCCC(=O)O)CC[C@@H]1C. The molecule has 0 saturated carbocycles. The van der Waals surface area contributed by atoms with Crippen LogP contribution in [0.5, 0.6) is 0 Å². The molecule has 23 heavy (non-hydrogen) atoms. The van der Waals surface area contributed by atoms with Crippen molar-refractivity contribution in [2.24, 2.45) is 17.8 Å². The first-order valence-corrected chi connectivity index (χ1v) is 8.95. The zero-order chi connectivity index (χ0) is 17.6. The summed E-state index contributed by atoms with van der Waals surface area (Å²) in [5, 5.41) is 29.3. The Hall–Kier alpha value is -0.650. The first-order chi connectivity index (χ1) is 10.7. The van der Waals surface area contributed by atoms with Crippen LogP contribution in [0.1, 0.15) is 66.2 Å². The first kappa shape index (κ1) is 20.4. The predicted octanol–water partition coefficient (Wildman–Crippen LogP) is 2.83. The molecule has 5 nitrogen and oxygen atoms in total. The van der Waals surface area contributed by atoms with Crippen molar-refractivity contribution in [3.05, 3.63) is 0 Å². The average molecular weight is 330 g/mol. The summed E-state index contributed by atoms with van der Waals surface area (Å²) in [5.74, 6) is -0.451. The Kier molecular flexibility index (Phi) is 8.51. The van der Waals surface area contributed by atoms with Crippen molar-refractivity contribution < 1.29 is 24.9 Å². The number of hydrogen-bond donors (Lipinski definition) is 3. The Bertz CT molecular complexity index is 357. The second-order valence-electron chi connectivity index (χ2n) is 7.53. The summed E-state index contributed by atoms with van der Waals surface area (Å²) in [4.78, 5) is 10.6.